The van der Waals surface area contributed by atoms with Crippen LogP contribution in [0.1, 0.15) is 57.7 Å². The predicted molar refractivity (Wildman–Crippen MR) is 89.0 cm³/mol. The fourth-order valence-corrected chi connectivity index (χ4v) is 2.53. The molecule has 2 atom stereocenters. The molecule has 1 aromatic rings. The third-order valence-electron chi connectivity index (χ3n) is 3.77. The van der Waals surface area contributed by atoms with Crippen molar-refractivity contribution in [2.24, 2.45) is 17.6 Å². The van der Waals surface area contributed by atoms with Crippen LogP contribution in [-0.2, 0) is 11.2 Å². The van der Waals surface area contributed by atoms with Gasteiger partial charge in [-0.1, -0.05) is 51.5 Å². The van der Waals surface area contributed by atoms with Crippen molar-refractivity contribution in [1.82, 2.24) is 5.32 Å². The number of carbonyl (C=O) groups is 1. The van der Waals surface area contributed by atoms with Crippen molar-refractivity contribution in [3.63, 3.8) is 0 Å². The highest BCUT2D eigenvalue weighted by Crippen LogP contribution is 2.16. The number of carbonyl (C=O) groups excluding carboxylic acids is 1. The van der Waals surface area contributed by atoms with Gasteiger partial charge in [0.2, 0.25) is 5.91 Å². The average molecular weight is 290 g/mol. The molecule has 0 heterocycles. The minimum atomic E-state index is -0.0716. The van der Waals surface area contributed by atoms with E-state index in [1.165, 1.54) is 5.56 Å². The van der Waals surface area contributed by atoms with Crippen molar-refractivity contribution < 1.29 is 4.79 Å². The Morgan fingerprint density at radius 2 is 1.81 bits per heavy atom. The Morgan fingerprint density at radius 3 is 2.29 bits per heavy atom. The molecule has 3 nitrogen and oxygen atoms in total. The van der Waals surface area contributed by atoms with E-state index < -0.39 is 0 Å². The Morgan fingerprint density at radius 1 is 1.19 bits per heavy atom. The van der Waals surface area contributed by atoms with E-state index >= 15 is 0 Å². The number of rotatable bonds is 8. The highest BCUT2D eigenvalue weighted by molar-refractivity contribution is 5.79. The van der Waals surface area contributed by atoms with Crippen LogP contribution in [0.2, 0.25) is 0 Å². The predicted octanol–water partition coefficient (Wildman–Crippen LogP) is 3.44. The van der Waals surface area contributed by atoms with Crippen LogP contribution in [0.4, 0.5) is 0 Å². The number of hydrogen-bond donors (Lipinski definition) is 2. The molecule has 2 unspecified atom stereocenters. The number of nitrogens with two attached hydrogens (primary N) is 1. The van der Waals surface area contributed by atoms with Gasteiger partial charge in [0, 0.05) is 6.54 Å². The van der Waals surface area contributed by atoms with Crippen LogP contribution in [0.25, 0.3) is 0 Å². The normalized spacial score (nSPS) is 14.0. The van der Waals surface area contributed by atoms with Crippen molar-refractivity contribution >= 4 is 5.91 Å². The van der Waals surface area contributed by atoms with E-state index in [2.05, 4.69) is 50.4 Å². The number of benzene rings is 1. The van der Waals surface area contributed by atoms with Crippen molar-refractivity contribution in [1.29, 1.82) is 0 Å². The number of nitrogens with one attached hydrogen (secondary N) is 1. The summed E-state index contributed by atoms with van der Waals surface area (Å²) in [5.74, 6) is 0.656. The van der Waals surface area contributed by atoms with Crippen molar-refractivity contribution in [2.45, 2.75) is 53.0 Å². The molecule has 1 amide bonds. The summed E-state index contributed by atoms with van der Waals surface area (Å²) < 4.78 is 0. The molecule has 1 rings (SSSR count). The van der Waals surface area contributed by atoms with E-state index in [0.29, 0.717) is 12.5 Å². The molecule has 0 saturated heterocycles. The van der Waals surface area contributed by atoms with Gasteiger partial charge in [0.1, 0.15) is 0 Å². The molecule has 118 valence electrons. The summed E-state index contributed by atoms with van der Waals surface area (Å²) in [4.78, 5) is 12.2. The van der Waals surface area contributed by atoms with E-state index in [0.717, 1.165) is 24.8 Å². The van der Waals surface area contributed by atoms with Gasteiger partial charge in [0.25, 0.3) is 0 Å². The molecule has 0 aliphatic heterocycles. The van der Waals surface area contributed by atoms with Crippen molar-refractivity contribution in [2.75, 3.05) is 6.54 Å². The average Bonchev–Trinajstić information content (AvgIpc) is 2.44. The molecule has 0 fully saturated rings. The second-order valence-corrected chi connectivity index (χ2v) is 6.29. The topological polar surface area (TPSA) is 55.1 Å². The van der Waals surface area contributed by atoms with E-state index in [1.807, 2.05) is 6.92 Å². The summed E-state index contributed by atoms with van der Waals surface area (Å²) in [6, 6.07) is 8.56. The van der Waals surface area contributed by atoms with E-state index in [1.54, 1.807) is 0 Å². The molecule has 0 bridgehead atoms. The first-order valence-electron chi connectivity index (χ1n) is 8.07. The van der Waals surface area contributed by atoms with E-state index in [-0.39, 0.29) is 17.9 Å². The standard InChI is InChI=1S/C18H30N2O/c1-5-6-17(12-19)18(21)20-14(4)16-9-7-15(8-10-16)11-13(2)3/h7-10,13-14,17H,5-6,11-12,19H2,1-4H3,(H,20,21). The molecule has 0 aliphatic rings. The van der Waals surface area contributed by atoms with Gasteiger partial charge in [0.15, 0.2) is 0 Å². The summed E-state index contributed by atoms with van der Waals surface area (Å²) in [5.41, 5.74) is 8.17. The van der Waals surface area contributed by atoms with Gasteiger partial charge in [-0.25, -0.2) is 0 Å². The van der Waals surface area contributed by atoms with E-state index in [9.17, 15) is 4.79 Å². The van der Waals surface area contributed by atoms with Gasteiger partial charge in [-0.2, -0.15) is 0 Å². The minimum absolute atomic E-state index is 0.0245. The molecule has 0 spiro atoms. The smallest absolute Gasteiger partial charge is 0.224 e. The highest BCUT2D eigenvalue weighted by atomic mass is 16.1. The van der Waals surface area contributed by atoms with Crippen LogP contribution in [0.15, 0.2) is 24.3 Å². The maximum atomic E-state index is 12.2. The fourth-order valence-electron chi connectivity index (χ4n) is 2.53. The Balaban J connectivity index is 2.62. The lowest BCUT2D eigenvalue weighted by atomic mass is 9.99. The van der Waals surface area contributed by atoms with Gasteiger partial charge in [-0.05, 0) is 36.8 Å². The summed E-state index contributed by atoms with van der Waals surface area (Å²) in [5, 5.41) is 3.07. The van der Waals surface area contributed by atoms with Crippen LogP contribution in [0, 0.1) is 11.8 Å². The van der Waals surface area contributed by atoms with Gasteiger partial charge >= 0.3 is 0 Å². The van der Waals surface area contributed by atoms with Crippen molar-refractivity contribution in [3.8, 4) is 0 Å². The van der Waals surface area contributed by atoms with Crippen LogP contribution < -0.4 is 11.1 Å². The second-order valence-electron chi connectivity index (χ2n) is 6.29. The zero-order valence-electron chi connectivity index (χ0n) is 13.9. The minimum Gasteiger partial charge on any atom is -0.349 e. The highest BCUT2D eigenvalue weighted by Gasteiger charge is 2.18. The molecule has 0 radical (unpaired) electrons. The number of hydrogen-bond acceptors (Lipinski definition) is 2. The largest absolute Gasteiger partial charge is 0.349 e. The Labute approximate surface area is 129 Å². The molecule has 0 aromatic heterocycles. The maximum absolute atomic E-state index is 12.2. The van der Waals surface area contributed by atoms with Gasteiger partial charge in [0.05, 0.1) is 12.0 Å². The second kappa shape index (κ2) is 8.83. The zero-order chi connectivity index (χ0) is 15.8. The third kappa shape index (κ3) is 5.88. The summed E-state index contributed by atoms with van der Waals surface area (Å²) in [6.45, 7) is 8.95. The first-order valence-corrected chi connectivity index (χ1v) is 8.07. The first-order chi connectivity index (χ1) is 9.97. The summed E-state index contributed by atoms with van der Waals surface area (Å²) in [6.07, 6.45) is 2.92. The van der Waals surface area contributed by atoms with Gasteiger partial charge in [-0.3, -0.25) is 4.79 Å². The maximum Gasteiger partial charge on any atom is 0.224 e. The van der Waals surface area contributed by atoms with Crippen LogP contribution in [0.3, 0.4) is 0 Å². The lowest BCUT2D eigenvalue weighted by Crippen LogP contribution is -2.36. The Hall–Kier alpha value is -1.35. The molecular formula is C18H30N2O. The molecule has 21 heavy (non-hydrogen) atoms. The molecule has 0 aliphatic carbocycles. The van der Waals surface area contributed by atoms with Crippen LogP contribution >= 0.6 is 0 Å². The molecule has 3 heteroatoms. The molecule has 1 aromatic carbocycles. The first kappa shape index (κ1) is 17.7. The van der Waals surface area contributed by atoms with Gasteiger partial charge in [-0.15, -0.1) is 0 Å². The zero-order valence-corrected chi connectivity index (χ0v) is 13.9. The Bertz CT molecular complexity index is 425. The number of amides is 1. The van der Waals surface area contributed by atoms with Crippen LogP contribution in [-0.4, -0.2) is 12.5 Å². The summed E-state index contributed by atoms with van der Waals surface area (Å²) in [7, 11) is 0. The van der Waals surface area contributed by atoms with Crippen molar-refractivity contribution in [3.05, 3.63) is 35.4 Å². The lowest BCUT2D eigenvalue weighted by molar-refractivity contribution is -0.125. The van der Waals surface area contributed by atoms with Gasteiger partial charge < -0.3 is 11.1 Å². The molecule has 0 saturated carbocycles. The third-order valence-corrected chi connectivity index (χ3v) is 3.77. The molecule has 3 N–H and O–H groups in total. The quantitative estimate of drug-likeness (QED) is 0.770. The summed E-state index contributed by atoms with van der Waals surface area (Å²) >= 11 is 0. The lowest BCUT2D eigenvalue weighted by Gasteiger charge is -2.19. The fraction of sp³-hybridized carbons (Fsp3) is 0.611. The van der Waals surface area contributed by atoms with E-state index in [4.69, 9.17) is 5.73 Å². The van der Waals surface area contributed by atoms with Crippen LogP contribution in [0.5, 0.6) is 0 Å². The SMILES string of the molecule is CCCC(CN)C(=O)NC(C)c1ccc(CC(C)C)cc1. The Kier molecular flexibility index (Phi) is 7.44. The monoisotopic (exact) mass is 290 g/mol. The molecular weight excluding hydrogens is 260 g/mol.